The molecule has 5 heteroatoms. The molecule has 1 aliphatic rings. The molecule has 0 aromatic carbocycles. The molecule has 1 aliphatic heterocycles. The van der Waals surface area contributed by atoms with E-state index in [0.29, 0.717) is 30.1 Å². The van der Waals surface area contributed by atoms with Crippen LogP contribution in [0.3, 0.4) is 0 Å². The molecule has 3 N–H and O–H groups in total. The molecular formula is C15H26N4O. The summed E-state index contributed by atoms with van der Waals surface area (Å²) in [5.41, 5.74) is 6.48. The van der Waals surface area contributed by atoms with Gasteiger partial charge in [-0.3, -0.25) is 0 Å². The van der Waals surface area contributed by atoms with Gasteiger partial charge in [0.25, 0.3) is 0 Å². The normalized spacial score (nSPS) is 19.5. The van der Waals surface area contributed by atoms with Gasteiger partial charge in [0.2, 0.25) is 5.88 Å². The van der Waals surface area contributed by atoms with E-state index in [0.717, 1.165) is 12.4 Å². The van der Waals surface area contributed by atoms with Crippen molar-refractivity contribution in [2.45, 2.75) is 32.7 Å². The molecule has 0 saturated carbocycles. The van der Waals surface area contributed by atoms with Gasteiger partial charge in [-0.2, -0.15) is 4.98 Å². The van der Waals surface area contributed by atoms with Crippen LogP contribution in [0.1, 0.15) is 26.7 Å². The molecule has 2 heterocycles. The van der Waals surface area contributed by atoms with Crippen molar-refractivity contribution in [3.05, 3.63) is 12.1 Å². The zero-order valence-electron chi connectivity index (χ0n) is 12.7. The number of hydrogen-bond acceptors (Lipinski definition) is 5. The van der Waals surface area contributed by atoms with E-state index in [-0.39, 0.29) is 0 Å². The molecular weight excluding hydrogens is 252 g/mol. The summed E-state index contributed by atoms with van der Waals surface area (Å²) in [5, 5.41) is 3.38. The second kappa shape index (κ2) is 6.79. The zero-order valence-corrected chi connectivity index (χ0v) is 12.7. The summed E-state index contributed by atoms with van der Waals surface area (Å²) < 4.78 is 5.65. The molecule has 0 bridgehead atoms. The van der Waals surface area contributed by atoms with Crippen molar-refractivity contribution < 1.29 is 4.74 Å². The lowest BCUT2D eigenvalue weighted by atomic mass is 10.2. The number of likely N-dealkylation sites (tertiary alicyclic amines) is 1. The van der Waals surface area contributed by atoms with E-state index in [1.165, 1.54) is 19.4 Å². The summed E-state index contributed by atoms with van der Waals surface area (Å²) in [5.74, 6) is 1.82. The van der Waals surface area contributed by atoms with Gasteiger partial charge in [0.05, 0.1) is 12.3 Å². The van der Waals surface area contributed by atoms with Crippen molar-refractivity contribution in [2.75, 3.05) is 37.8 Å². The highest BCUT2D eigenvalue weighted by Crippen LogP contribution is 2.22. The number of ether oxygens (including phenoxy) is 1. The van der Waals surface area contributed by atoms with Crippen LogP contribution < -0.4 is 15.8 Å². The van der Waals surface area contributed by atoms with Crippen LogP contribution in [0.5, 0.6) is 5.88 Å². The summed E-state index contributed by atoms with van der Waals surface area (Å²) in [7, 11) is 2.17. The number of hydrogen-bond donors (Lipinski definition) is 2. The van der Waals surface area contributed by atoms with Gasteiger partial charge in [0.15, 0.2) is 0 Å². The summed E-state index contributed by atoms with van der Waals surface area (Å²) >= 11 is 0. The second-order valence-electron chi connectivity index (χ2n) is 5.95. The first-order valence-corrected chi connectivity index (χ1v) is 7.39. The van der Waals surface area contributed by atoms with Crippen LogP contribution in [0.4, 0.5) is 11.5 Å². The average Bonchev–Trinajstić information content (AvgIpc) is 2.81. The molecule has 0 aliphatic carbocycles. The first kappa shape index (κ1) is 14.9. The molecule has 1 aromatic heterocycles. The van der Waals surface area contributed by atoms with E-state index in [1.807, 2.05) is 12.1 Å². The standard InChI is InChI=1S/C15H26N4O/c1-11(2)10-20-15-13(16)6-7-14(18-15)17-9-12-5-4-8-19(12)3/h6-7,11-12H,4-5,8-10,16H2,1-3H3,(H,17,18). The molecule has 2 rings (SSSR count). The van der Waals surface area contributed by atoms with Crippen LogP contribution in [0, 0.1) is 5.92 Å². The first-order valence-electron chi connectivity index (χ1n) is 7.39. The van der Waals surface area contributed by atoms with Crippen molar-refractivity contribution in [3.63, 3.8) is 0 Å². The first-order chi connectivity index (χ1) is 9.56. The van der Waals surface area contributed by atoms with Crippen molar-refractivity contribution in [1.29, 1.82) is 0 Å². The van der Waals surface area contributed by atoms with Crippen LogP contribution in [0.15, 0.2) is 12.1 Å². The lowest BCUT2D eigenvalue weighted by Crippen LogP contribution is -2.31. The van der Waals surface area contributed by atoms with Crippen molar-refractivity contribution in [2.24, 2.45) is 5.92 Å². The molecule has 1 atom stereocenters. The maximum absolute atomic E-state index is 5.89. The van der Waals surface area contributed by atoms with E-state index >= 15 is 0 Å². The average molecular weight is 278 g/mol. The predicted octanol–water partition coefficient (Wildman–Crippen LogP) is 2.20. The number of nitrogens with one attached hydrogen (secondary N) is 1. The minimum atomic E-state index is 0.458. The maximum atomic E-state index is 5.89. The fourth-order valence-electron chi connectivity index (χ4n) is 2.37. The van der Waals surface area contributed by atoms with Crippen LogP contribution in [0.25, 0.3) is 0 Å². The highest BCUT2D eigenvalue weighted by atomic mass is 16.5. The van der Waals surface area contributed by atoms with Gasteiger partial charge < -0.3 is 20.7 Å². The largest absolute Gasteiger partial charge is 0.476 e. The lowest BCUT2D eigenvalue weighted by molar-refractivity contribution is 0.263. The Bertz CT molecular complexity index is 436. The second-order valence-corrected chi connectivity index (χ2v) is 5.95. The Kier molecular flexibility index (Phi) is 5.06. The van der Waals surface area contributed by atoms with Gasteiger partial charge in [-0.25, -0.2) is 0 Å². The Morgan fingerprint density at radius 3 is 2.95 bits per heavy atom. The number of nitrogens with zero attached hydrogens (tertiary/aromatic N) is 2. The number of rotatable bonds is 6. The topological polar surface area (TPSA) is 63.4 Å². The lowest BCUT2D eigenvalue weighted by Gasteiger charge is -2.20. The monoisotopic (exact) mass is 278 g/mol. The fraction of sp³-hybridized carbons (Fsp3) is 0.667. The predicted molar refractivity (Wildman–Crippen MR) is 83.1 cm³/mol. The number of pyridine rings is 1. The highest BCUT2D eigenvalue weighted by molar-refractivity contribution is 5.53. The van der Waals surface area contributed by atoms with E-state index in [1.54, 1.807) is 0 Å². The van der Waals surface area contributed by atoms with Crippen molar-refractivity contribution in [1.82, 2.24) is 9.88 Å². The van der Waals surface area contributed by atoms with Gasteiger partial charge in [-0.05, 0) is 44.5 Å². The van der Waals surface area contributed by atoms with Crippen LogP contribution in [-0.2, 0) is 0 Å². The van der Waals surface area contributed by atoms with E-state index in [4.69, 9.17) is 10.5 Å². The zero-order chi connectivity index (χ0) is 14.5. The molecule has 1 unspecified atom stereocenters. The van der Waals surface area contributed by atoms with Gasteiger partial charge in [0.1, 0.15) is 5.82 Å². The number of likely N-dealkylation sites (N-methyl/N-ethyl adjacent to an activating group) is 1. The maximum Gasteiger partial charge on any atom is 0.239 e. The quantitative estimate of drug-likeness (QED) is 0.835. The molecule has 0 amide bonds. The minimum absolute atomic E-state index is 0.458. The summed E-state index contributed by atoms with van der Waals surface area (Å²) in [6.07, 6.45) is 2.52. The van der Waals surface area contributed by atoms with Gasteiger partial charge >= 0.3 is 0 Å². The highest BCUT2D eigenvalue weighted by Gasteiger charge is 2.20. The minimum Gasteiger partial charge on any atom is -0.476 e. The number of anilines is 2. The summed E-state index contributed by atoms with van der Waals surface area (Å²) in [6.45, 7) is 6.94. The Balaban J connectivity index is 1.92. The third-order valence-electron chi connectivity index (χ3n) is 3.63. The molecule has 0 spiro atoms. The molecule has 1 aromatic rings. The fourth-order valence-corrected chi connectivity index (χ4v) is 2.37. The van der Waals surface area contributed by atoms with E-state index in [9.17, 15) is 0 Å². The molecule has 20 heavy (non-hydrogen) atoms. The number of aromatic nitrogens is 1. The number of nitrogen functional groups attached to an aromatic ring is 1. The van der Waals surface area contributed by atoms with Gasteiger partial charge in [-0.1, -0.05) is 13.8 Å². The molecule has 112 valence electrons. The molecule has 5 nitrogen and oxygen atoms in total. The Hall–Kier alpha value is -1.49. The molecule has 1 saturated heterocycles. The van der Waals surface area contributed by atoms with Gasteiger partial charge in [0, 0.05) is 12.6 Å². The van der Waals surface area contributed by atoms with E-state index < -0.39 is 0 Å². The number of nitrogens with two attached hydrogens (primary N) is 1. The molecule has 1 fully saturated rings. The Morgan fingerprint density at radius 2 is 2.30 bits per heavy atom. The third-order valence-corrected chi connectivity index (χ3v) is 3.63. The Labute approximate surface area is 121 Å². The van der Waals surface area contributed by atoms with Crippen molar-refractivity contribution in [3.8, 4) is 5.88 Å². The SMILES string of the molecule is CC(C)COc1nc(NCC2CCCN2C)ccc1N. The van der Waals surface area contributed by atoms with Gasteiger partial charge in [-0.15, -0.1) is 0 Å². The van der Waals surface area contributed by atoms with E-state index in [2.05, 4.69) is 36.1 Å². The van der Waals surface area contributed by atoms with Crippen LogP contribution in [-0.4, -0.2) is 42.7 Å². The van der Waals surface area contributed by atoms with Crippen LogP contribution in [0.2, 0.25) is 0 Å². The third kappa shape index (κ3) is 4.00. The van der Waals surface area contributed by atoms with Crippen LogP contribution >= 0.6 is 0 Å². The smallest absolute Gasteiger partial charge is 0.239 e. The van der Waals surface area contributed by atoms with Crippen molar-refractivity contribution >= 4 is 11.5 Å². The summed E-state index contributed by atoms with van der Waals surface area (Å²) in [6, 6.07) is 4.35. The molecule has 0 radical (unpaired) electrons. The Morgan fingerprint density at radius 1 is 1.50 bits per heavy atom. The summed E-state index contributed by atoms with van der Waals surface area (Å²) in [4.78, 5) is 6.84.